The molecule has 0 spiro atoms. The van der Waals surface area contributed by atoms with Gasteiger partial charge in [-0.15, -0.1) is 0 Å². The summed E-state index contributed by atoms with van der Waals surface area (Å²) in [5.41, 5.74) is 8.41. The van der Waals surface area contributed by atoms with E-state index in [1.54, 1.807) is 0 Å². The van der Waals surface area contributed by atoms with E-state index < -0.39 is 0 Å². The Hall–Kier alpha value is -1.68. The number of hydrogen-bond acceptors (Lipinski definition) is 4. The number of aryl methyl sites for hydroxylation is 1. The van der Waals surface area contributed by atoms with Crippen LogP contribution in [-0.4, -0.2) is 22.1 Å². The van der Waals surface area contributed by atoms with Crippen molar-refractivity contribution >= 4 is 16.9 Å². The van der Waals surface area contributed by atoms with E-state index in [2.05, 4.69) is 29.1 Å². The molecule has 1 unspecified atom stereocenters. The van der Waals surface area contributed by atoms with Crippen molar-refractivity contribution in [3.05, 3.63) is 30.0 Å². The maximum Gasteiger partial charge on any atom is 0.148 e. The monoisotopic (exact) mass is 244 g/mol. The third kappa shape index (κ3) is 2.43. The second-order valence-corrected chi connectivity index (χ2v) is 4.89. The zero-order valence-corrected chi connectivity index (χ0v) is 11.2. The lowest BCUT2D eigenvalue weighted by atomic mass is 9.99. The van der Waals surface area contributed by atoms with Crippen LogP contribution in [0, 0.1) is 6.92 Å². The second-order valence-electron chi connectivity index (χ2n) is 4.89. The molecule has 2 rings (SSSR count). The predicted octanol–water partition coefficient (Wildman–Crippen LogP) is 2.48. The molecule has 0 aliphatic heterocycles. The van der Waals surface area contributed by atoms with Crippen molar-refractivity contribution in [2.45, 2.75) is 32.7 Å². The van der Waals surface area contributed by atoms with E-state index in [4.69, 9.17) is 5.73 Å². The van der Waals surface area contributed by atoms with Crippen LogP contribution in [0.4, 0.5) is 5.82 Å². The number of para-hydroxylation sites is 2. The molecule has 1 heterocycles. The van der Waals surface area contributed by atoms with Gasteiger partial charge in [0, 0.05) is 12.1 Å². The van der Waals surface area contributed by atoms with E-state index >= 15 is 0 Å². The van der Waals surface area contributed by atoms with E-state index in [1.165, 1.54) is 0 Å². The Balaban J connectivity index is 2.42. The summed E-state index contributed by atoms with van der Waals surface area (Å²) in [5, 5.41) is 3.42. The quantitative estimate of drug-likeness (QED) is 0.867. The minimum atomic E-state index is -0.137. The van der Waals surface area contributed by atoms with Gasteiger partial charge in [0.15, 0.2) is 0 Å². The fraction of sp³-hybridized carbons (Fsp3) is 0.429. The first-order valence-electron chi connectivity index (χ1n) is 6.29. The van der Waals surface area contributed by atoms with Crippen molar-refractivity contribution < 1.29 is 0 Å². The van der Waals surface area contributed by atoms with Crippen LogP contribution >= 0.6 is 0 Å². The molecule has 0 saturated carbocycles. The van der Waals surface area contributed by atoms with Crippen LogP contribution in [-0.2, 0) is 0 Å². The molecule has 0 radical (unpaired) electrons. The van der Waals surface area contributed by atoms with Gasteiger partial charge in [0.1, 0.15) is 5.82 Å². The Morgan fingerprint density at radius 3 is 2.39 bits per heavy atom. The minimum absolute atomic E-state index is 0.137. The number of benzene rings is 1. The lowest BCUT2D eigenvalue weighted by Gasteiger charge is -2.29. The third-order valence-electron chi connectivity index (χ3n) is 3.40. The predicted molar refractivity (Wildman–Crippen MR) is 75.6 cm³/mol. The Morgan fingerprint density at radius 1 is 1.22 bits per heavy atom. The lowest BCUT2D eigenvalue weighted by molar-refractivity contribution is 0.504. The second kappa shape index (κ2) is 4.90. The largest absolute Gasteiger partial charge is 0.362 e. The van der Waals surface area contributed by atoms with Crippen LogP contribution in [0.15, 0.2) is 24.3 Å². The molecule has 18 heavy (non-hydrogen) atoms. The van der Waals surface area contributed by atoms with Gasteiger partial charge in [-0.25, -0.2) is 9.97 Å². The molecule has 0 fully saturated rings. The highest BCUT2D eigenvalue weighted by atomic mass is 15.1. The zero-order chi connectivity index (χ0) is 13.2. The van der Waals surface area contributed by atoms with Crippen molar-refractivity contribution in [1.29, 1.82) is 0 Å². The first-order chi connectivity index (χ1) is 8.58. The van der Waals surface area contributed by atoms with Gasteiger partial charge >= 0.3 is 0 Å². The molecule has 3 N–H and O–H groups in total. The highest BCUT2D eigenvalue weighted by Gasteiger charge is 2.21. The first kappa shape index (κ1) is 12.8. The average molecular weight is 244 g/mol. The van der Waals surface area contributed by atoms with Gasteiger partial charge in [0.25, 0.3) is 0 Å². The van der Waals surface area contributed by atoms with Crippen LogP contribution in [0.5, 0.6) is 0 Å². The van der Waals surface area contributed by atoms with Gasteiger partial charge in [-0.3, -0.25) is 0 Å². The SMILES string of the molecule is CCC(C)(CN)Nc1nc2ccccc2nc1C. The third-order valence-corrected chi connectivity index (χ3v) is 3.40. The van der Waals surface area contributed by atoms with Crippen LogP contribution in [0.2, 0.25) is 0 Å². The molecule has 4 heteroatoms. The molecule has 0 aliphatic carbocycles. The summed E-state index contributed by atoms with van der Waals surface area (Å²) < 4.78 is 0. The van der Waals surface area contributed by atoms with E-state index in [-0.39, 0.29) is 5.54 Å². The van der Waals surface area contributed by atoms with Gasteiger partial charge in [0.2, 0.25) is 0 Å². The van der Waals surface area contributed by atoms with Gasteiger partial charge in [-0.1, -0.05) is 19.1 Å². The summed E-state index contributed by atoms with van der Waals surface area (Å²) in [6.45, 7) is 6.75. The van der Waals surface area contributed by atoms with Crippen LogP contribution in [0.1, 0.15) is 26.0 Å². The van der Waals surface area contributed by atoms with Crippen LogP contribution in [0.25, 0.3) is 11.0 Å². The van der Waals surface area contributed by atoms with Crippen LogP contribution in [0.3, 0.4) is 0 Å². The molecular weight excluding hydrogens is 224 g/mol. The molecule has 1 aromatic heterocycles. The van der Waals surface area contributed by atoms with E-state index in [0.29, 0.717) is 6.54 Å². The molecule has 2 aromatic rings. The maximum absolute atomic E-state index is 5.82. The Morgan fingerprint density at radius 2 is 1.83 bits per heavy atom. The van der Waals surface area contributed by atoms with Crippen molar-refractivity contribution in [2.75, 3.05) is 11.9 Å². The Labute approximate surface area is 108 Å². The summed E-state index contributed by atoms with van der Waals surface area (Å²) in [4.78, 5) is 9.19. The summed E-state index contributed by atoms with van der Waals surface area (Å²) in [5.74, 6) is 0.823. The number of aromatic nitrogens is 2. The minimum Gasteiger partial charge on any atom is -0.362 e. The number of nitrogens with one attached hydrogen (secondary N) is 1. The van der Waals surface area contributed by atoms with Crippen molar-refractivity contribution in [3.8, 4) is 0 Å². The first-order valence-corrected chi connectivity index (χ1v) is 6.29. The molecular formula is C14H20N4. The highest BCUT2D eigenvalue weighted by molar-refractivity contribution is 5.76. The topological polar surface area (TPSA) is 63.8 Å². The smallest absolute Gasteiger partial charge is 0.148 e. The average Bonchev–Trinajstić information content (AvgIpc) is 2.39. The summed E-state index contributed by atoms with van der Waals surface area (Å²) in [6, 6.07) is 7.89. The molecule has 0 amide bonds. The van der Waals surface area contributed by atoms with E-state index in [1.807, 2.05) is 31.2 Å². The molecule has 1 atom stereocenters. The van der Waals surface area contributed by atoms with E-state index in [9.17, 15) is 0 Å². The Kier molecular flexibility index (Phi) is 3.48. The van der Waals surface area contributed by atoms with Gasteiger partial charge < -0.3 is 11.1 Å². The van der Waals surface area contributed by atoms with Gasteiger partial charge in [0.05, 0.1) is 16.7 Å². The Bertz CT molecular complexity index is 546. The van der Waals surface area contributed by atoms with Crippen molar-refractivity contribution in [2.24, 2.45) is 5.73 Å². The summed E-state index contributed by atoms with van der Waals surface area (Å²) in [7, 11) is 0. The number of rotatable bonds is 4. The van der Waals surface area contributed by atoms with Crippen molar-refractivity contribution in [3.63, 3.8) is 0 Å². The maximum atomic E-state index is 5.82. The summed E-state index contributed by atoms with van der Waals surface area (Å²) >= 11 is 0. The molecule has 0 saturated heterocycles. The number of fused-ring (bicyclic) bond motifs is 1. The molecule has 96 valence electrons. The number of nitrogens with zero attached hydrogens (tertiary/aromatic N) is 2. The molecule has 1 aromatic carbocycles. The summed E-state index contributed by atoms with van der Waals surface area (Å²) in [6.07, 6.45) is 0.942. The van der Waals surface area contributed by atoms with E-state index in [0.717, 1.165) is 29.0 Å². The van der Waals surface area contributed by atoms with Crippen molar-refractivity contribution in [1.82, 2.24) is 9.97 Å². The standard InChI is InChI=1S/C14H20N4/c1-4-14(3,9-15)18-13-10(2)16-11-7-5-6-8-12(11)17-13/h5-8H,4,9,15H2,1-3H3,(H,17,18). The number of hydrogen-bond donors (Lipinski definition) is 2. The number of nitrogens with two attached hydrogens (primary N) is 1. The fourth-order valence-corrected chi connectivity index (χ4v) is 1.78. The lowest BCUT2D eigenvalue weighted by Crippen LogP contribution is -2.42. The molecule has 0 aliphatic rings. The van der Waals surface area contributed by atoms with Gasteiger partial charge in [-0.05, 0) is 32.4 Å². The fourth-order valence-electron chi connectivity index (χ4n) is 1.78. The zero-order valence-electron chi connectivity index (χ0n) is 11.2. The molecule has 0 bridgehead atoms. The normalized spacial score (nSPS) is 14.4. The van der Waals surface area contributed by atoms with Gasteiger partial charge in [-0.2, -0.15) is 0 Å². The van der Waals surface area contributed by atoms with Crippen LogP contribution < -0.4 is 11.1 Å². The number of anilines is 1. The molecule has 4 nitrogen and oxygen atoms in total. The highest BCUT2D eigenvalue weighted by Crippen LogP contribution is 2.20.